The van der Waals surface area contributed by atoms with Crippen molar-refractivity contribution in [2.75, 3.05) is 5.32 Å². The molecule has 1 unspecified atom stereocenters. The maximum atomic E-state index is 13.3. The number of nitro groups is 1. The molecule has 2 aromatic rings. The fraction of sp³-hybridized carbons (Fsp3) is 0.480. The van der Waals surface area contributed by atoms with Crippen molar-refractivity contribution in [3.05, 3.63) is 64.2 Å². The summed E-state index contributed by atoms with van der Waals surface area (Å²) in [5.74, 6) is 0.910. The van der Waals surface area contributed by atoms with Crippen molar-refractivity contribution < 1.29 is 19.6 Å². The zero-order valence-electron chi connectivity index (χ0n) is 18.9. The highest BCUT2D eigenvalue weighted by molar-refractivity contribution is 5.81. The zero-order valence-corrected chi connectivity index (χ0v) is 18.9. The second kappa shape index (κ2) is 10.5. The van der Waals surface area contributed by atoms with Crippen LogP contribution < -0.4 is 5.32 Å². The Kier molecular flexibility index (Phi) is 7.72. The fourth-order valence-corrected chi connectivity index (χ4v) is 4.49. The number of carbonyl (C=O) groups excluding carboxylic acids is 1. The molecule has 7 heteroatoms. The van der Waals surface area contributed by atoms with Gasteiger partial charge in [-0.1, -0.05) is 51.5 Å². The normalized spacial score (nSPS) is 21.7. The number of aromatic hydroxyl groups is 1. The molecule has 0 bridgehead atoms. The highest BCUT2D eigenvalue weighted by Crippen LogP contribution is 2.36. The number of ether oxygens (including phenoxy) is 1. The van der Waals surface area contributed by atoms with Crippen LogP contribution in [-0.4, -0.2) is 28.1 Å². The van der Waals surface area contributed by atoms with Gasteiger partial charge in [-0.05, 0) is 54.4 Å². The van der Waals surface area contributed by atoms with Crippen LogP contribution in [0.1, 0.15) is 45.6 Å². The number of anilines is 1. The average molecular weight is 441 g/mol. The van der Waals surface area contributed by atoms with Crippen LogP contribution in [0.15, 0.2) is 48.5 Å². The summed E-state index contributed by atoms with van der Waals surface area (Å²) in [5.41, 5.74) is 0.992. The number of para-hydroxylation sites is 2. The minimum absolute atomic E-state index is 0.0950. The van der Waals surface area contributed by atoms with Crippen LogP contribution in [0.5, 0.6) is 5.75 Å². The lowest BCUT2D eigenvalue weighted by Crippen LogP contribution is -2.41. The number of hydrogen-bond donors (Lipinski definition) is 2. The Morgan fingerprint density at radius 1 is 1.19 bits per heavy atom. The molecule has 0 amide bonds. The highest BCUT2D eigenvalue weighted by Gasteiger charge is 2.35. The van der Waals surface area contributed by atoms with E-state index in [2.05, 4.69) is 26.1 Å². The third-order valence-electron chi connectivity index (χ3n) is 6.32. The quantitative estimate of drug-likeness (QED) is 0.327. The zero-order chi connectivity index (χ0) is 23.3. The van der Waals surface area contributed by atoms with E-state index in [1.165, 1.54) is 6.07 Å². The van der Waals surface area contributed by atoms with Crippen LogP contribution >= 0.6 is 0 Å². The Balaban J connectivity index is 1.84. The minimum Gasteiger partial charge on any atom is -0.508 e. The molecule has 0 aliphatic heterocycles. The molecule has 0 heterocycles. The molecular weight excluding hydrogens is 408 g/mol. The molecule has 1 fully saturated rings. The number of benzene rings is 2. The molecular formula is C25H32N2O5. The summed E-state index contributed by atoms with van der Waals surface area (Å²) in [6.45, 7) is 6.48. The highest BCUT2D eigenvalue weighted by atomic mass is 16.6. The predicted octanol–water partition coefficient (Wildman–Crippen LogP) is 5.33. The van der Waals surface area contributed by atoms with E-state index in [9.17, 15) is 20.0 Å². The Bertz CT molecular complexity index is 928. The predicted molar refractivity (Wildman–Crippen MR) is 124 cm³/mol. The van der Waals surface area contributed by atoms with E-state index in [1.807, 2.05) is 0 Å². The first-order valence-electron chi connectivity index (χ1n) is 11.2. The summed E-state index contributed by atoms with van der Waals surface area (Å²) in [6, 6.07) is 12.1. The Morgan fingerprint density at radius 2 is 1.88 bits per heavy atom. The second-order valence-corrected chi connectivity index (χ2v) is 9.14. The Morgan fingerprint density at radius 3 is 2.53 bits per heavy atom. The summed E-state index contributed by atoms with van der Waals surface area (Å²) in [5, 5.41) is 24.1. The Hall–Kier alpha value is -3.09. The molecule has 1 aliphatic carbocycles. The molecule has 32 heavy (non-hydrogen) atoms. The average Bonchev–Trinajstić information content (AvgIpc) is 2.74. The minimum atomic E-state index is -0.800. The summed E-state index contributed by atoms with van der Waals surface area (Å²) in [6.07, 6.45) is 3.09. The van der Waals surface area contributed by atoms with Gasteiger partial charge in [0.1, 0.15) is 23.6 Å². The van der Waals surface area contributed by atoms with Gasteiger partial charge in [0, 0.05) is 12.5 Å². The maximum Gasteiger partial charge on any atom is 0.329 e. The molecule has 2 N–H and O–H groups in total. The summed E-state index contributed by atoms with van der Waals surface area (Å²) in [4.78, 5) is 24.3. The van der Waals surface area contributed by atoms with Gasteiger partial charge in [-0.25, -0.2) is 4.79 Å². The first-order valence-corrected chi connectivity index (χ1v) is 11.2. The number of phenols is 1. The van der Waals surface area contributed by atoms with Crippen molar-refractivity contribution in [2.45, 2.75) is 58.6 Å². The standard InChI is InChI=1S/C25H32N2O5/c1-16(2)20-13-8-17(3)14-24(20)32-25(29)22(15-18-9-11-19(28)12-10-18)26-21-6-4-5-7-23(21)27(30)31/h4-7,9-12,16-17,20,22,24,26,28H,8,13-15H2,1-3H3/t17-,20+,22-,24?/m1/s1. The van der Waals surface area contributed by atoms with Crippen molar-refractivity contribution >= 4 is 17.3 Å². The number of esters is 1. The lowest BCUT2D eigenvalue weighted by atomic mass is 9.75. The maximum absolute atomic E-state index is 13.3. The van der Waals surface area contributed by atoms with E-state index < -0.39 is 16.9 Å². The molecule has 4 atom stereocenters. The van der Waals surface area contributed by atoms with Gasteiger partial charge < -0.3 is 15.2 Å². The molecule has 1 aliphatic rings. The van der Waals surface area contributed by atoms with Gasteiger partial charge in [0.2, 0.25) is 0 Å². The van der Waals surface area contributed by atoms with Crippen LogP contribution in [0.4, 0.5) is 11.4 Å². The molecule has 0 spiro atoms. The first-order chi connectivity index (χ1) is 15.2. The molecule has 7 nitrogen and oxygen atoms in total. The van der Waals surface area contributed by atoms with Gasteiger partial charge in [-0.3, -0.25) is 10.1 Å². The van der Waals surface area contributed by atoms with Crippen LogP contribution in [-0.2, 0) is 16.0 Å². The number of rotatable bonds is 8. The summed E-state index contributed by atoms with van der Waals surface area (Å²) >= 11 is 0. The first kappa shape index (κ1) is 23.6. The third kappa shape index (κ3) is 5.99. The van der Waals surface area contributed by atoms with Gasteiger partial charge >= 0.3 is 5.97 Å². The van der Waals surface area contributed by atoms with Crippen LogP contribution in [0, 0.1) is 27.9 Å². The molecule has 0 saturated heterocycles. The fourth-order valence-electron chi connectivity index (χ4n) is 4.49. The third-order valence-corrected chi connectivity index (χ3v) is 6.32. The number of nitro benzene ring substituents is 1. The van der Waals surface area contributed by atoms with Crippen molar-refractivity contribution in [3.8, 4) is 5.75 Å². The van der Waals surface area contributed by atoms with Crippen LogP contribution in [0.25, 0.3) is 0 Å². The van der Waals surface area contributed by atoms with E-state index in [0.717, 1.165) is 24.8 Å². The lowest BCUT2D eigenvalue weighted by Gasteiger charge is -2.37. The van der Waals surface area contributed by atoms with E-state index in [-0.39, 0.29) is 29.6 Å². The van der Waals surface area contributed by atoms with E-state index >= 15 is 0 Å². The van der Waals surface area contributed by atoms with E-state index in [4.69, 9.17) is 4.74 Å². The smallest absolute Gasteiger partial charge is 0.329 e. The van der Waals surface area contributed by atoms with Gasteiger partial charge in [0.05, 0.1) is 4.92 Å². The van der Waals surface area contributed by atoms with Crippen molar-refractivity contribution in [3.63, 3.8) is 0 Å². The molecule has 3 rings (SSSR count). The number of nitrogens with one attached hydrogen (secondary N) is 1. The summed E-state index contributed by atoms with van der Waals surface area (Å²) in [7, 11) is 0. The van der Waals surface area contributed by atoms with Gasteiger partial charge in [-0.2, -0.15) is 0 Å². The molecule has 1 saturated carbocycles. The molecule has 2 aromatic carbocycles. The van der Waals surface area contributed by atoms with Gasteiger partial charge in [-0.15, -0.1) is 0 Å². The van der Waals surface area contributed by atoms with Crippen LogP contribution in [0.2, 0.25) is 0 Å². The molecule has 0 radical (unpaired) electrons. The lowest BCUT2D eigenvalue weighted by molar-refractivity contribution is -0.384. The number of nitrogens with zero attached hydrogens (tertiary/aromatic N) is 1. The topological polar surface area (TPSA) is 102 Å². The molecule has 0 aromatic heterocycles. The summed E-state index contributed by atoms with van der Waals surface area (Å²) < 4.78 is 6.05. The largest absolute Gasteiger partial charge is 0.508 e. The number of carbonyl (C=O) groups is 1. The number of phenolic OH excluding ortho intramolecular Hbond substituents is 1. The van der Waals surface area contributed by atoms with Gasteiger partial charge in [0.15, 0.2) is 0 Å². The van der Waals surface area contributed by atoms with E-state index in [1.54, 1.807) is 42.5 Å². The van der Waals surface area contributed by atoms with Crippen molar-refractivity contribution in [1.29, 1.82) is 0 Å². The van der Waals surface area contributed by atoms with Crippen molar-refractivity contribution in [1.82, 2.24) is 0 Å². The Labute approximate surface area is 188 Å². The monoisotopic (exact) mass is 440 g/mol. The second-order valence-electron chi connectivity index (χ2n) is 9.14. The van der Waals surface area contributed by atoms with Gasteiger partial charge in [0.25, 0.3) is 5.69 Å². The SMILES string of the molecule is CC(C)[C@@H]1CC[C@@H](C)CC1OC(=O)[C@@H](Cc1ccc(O)cc1)Nc1ccccc1[N+](=O)[O-]. The van der Waals surface area contributed by atoms with Crippen LogP contribution in [0.3, 0.4) is 0 Å². The van der Waals surface area contributed by atoms with Crippen molar-refractivity contribution in [2.24, 2.45) is 17.8 Å². The molecule has 172 valence electrons. The van der Waals surface area contributed by atoms with E-state index in [0.29, 0.717) is 17.8 Å². The number of hydrogen-bond acceptors (Lipinski definition) is 6.